The fourth-order valence-electron chi connectivity index (χ4n) is 2.96. The summed E-state index contributed by atoms with van der Waals surface area (Å²) in [6.07, 6.45) is 2.25. The zero-order valence-electron chi connectivity index (χ0n) is 11.9. The minimum Gasteiger partial charge on any atom is -0.383 e. The number of nitrogens with two attached hydrogens (primary N) is 1. The Balaban J connectivity index is 2.11. The SMILES string of the molecule is Cc1ccc(-c2nc3n(c2N)CC(C)CC3)c(C)c1. The van der Waals surface area contributed by atoms with Crippen LogP contribution in [0.4, 0.5) is 5.82 Å². The van der Waals surface area contributed by atoms with Crippen LogP contribution in [0.2, 0.25) is 0 Å². The minimum absolute atomic E-state index is 0.691. The highest BCUT2D eigenvalue weighted by Crippen LogP contribution is 2.32. The van der Waals surface area contributed by atoms with Gasteiger partial charge in [0.05, 0.1) is 0 Å². The largest absolute Gasteiger partial charge is 0.383 e. The third-order valence-corrected chi connectivity index (χ3v) is 4.08. The summed E-state index contributed by atoms with van der Waals surface area (Å²) in [5.41, 5.74) is 11.0. The van der Waals surface area contributed by atoms with E-state index in [0.29, 0.717) is 5.92 Å². The van der Waals surface area contributed by atoms with E-state index in [-0.39, 0.29) is 0 Å². The molecule has 1 atom stereocenters. The maximum atomic E-state index is 6.33. The lowest BCUT2D eigenvalue weighted by molar-refractivity contribution is 0.397. The average Bonchev–Trinajstić information content (AvgIpc) is 2.67. The Morgan fingerprint density at radius 1 is 1.32 bits per heavy atom. The van der Waals surface area contributed by atoms with E-state index in [1.54, 1.807) is 0 Å². The molecule has 0 fully saturated rings. The molecule has 0 aliphatic carbocycles. The molecule has 19 heavy (non-hydrogen) atoms. The standard InChI is InChI=1S/C16H21N3/c1-10-4-6-13(12(3)8-10)15-16(17)19-9-11(2)5-7-14(19)18-15/h4,6,8,11H,5,7,9,17H2,1-3H3. The Morgan fingerprint density at radius 3 is 2.84 bits per heavy atom. The molecule has 2 heterocycles. The van der Waals surface area contributed by atoms with Crippen LogP contribution in [0.15, 0.2) is 18.2 Å². The van der Waals surface area contributed by atoms with E-state index in [1.807, 2.05) is 0 Å². The number of rotatable bonds is 1. The van der Waals surface area contributed by atoms with E-state index in [2.05, 4.69) is 43.5 Å². The van der Waals surface area contributed by atoms with Crippen LogP contribution in [-0.2, 0) is 13.0 Å². The zero-order chi connectivity index (χ0) is 13.6. The molecule has 100 valence electrons. The van der Waals surface area contributed by atoms with Gasteiger partial charge >= 0.3 is 0 Å². The Hall–Kier alpha value is -1.77. The molecule has 1 aliphatic rings. The second-order valence-electron chi connectivity index (χ2n) is 5.83. The molecule has 3 nitrogen and oxygen atoms in total. The molecule has 0 spiro atoms. The highest BCUT2D eigenvalue weighted by molar-refractivity contribution is 5.74. The first-order valence-electron chi connectivity index (χ1n) is 6.98. The molecule has 0 amide bonds. The van der Waals surface area contributed by atoms with Crippen molar-refractivity contribution in [2.75, 3.05) is 5.73 Å². The number of hydrogen-bond donors (Lipinski definition) is 1. The fraction of sp³-hybridized carbons (Fsp3) is 0.438. The maximum absolute atomic E-state index is 6.33. The lowest BCUT2D eigenvalue weighted by Gasteiger charge is -2.20. The van der Waals surface area contributed by atoms with Gasteiger partial charge < -0.3 is 10.3 Å². The quantitative estimate of drug-likeness (QED) is 0.849. The summed E-state index contributed by atoms with van der Waals surface area (Å²) in [5, 5.41) is 0. The van der Waals surface area contributed by atoms with Gasteiger partial charge in [-0.25, -0.2) is 4.98 Å². The van der Waals surface area contributed by atoms with E-state index in [1.165, 1.54) is 17.5 Å². The van der Waals surface area contributed by atoms with Gasteiger partial charge in [0.2, 0.25) is 0 Å². The molecule has 0 radical (unpaired) electrons. The van der Waals surface area contributed by atoms with Crippen molar-refractivity contribution in [3.63, 3.8) is 0 Å². The molecule has 1 aromatic carbocycles. The van der Waals surface area contributed by atoms with Gasteiger partial charge in [-0.05, 0) is 31.7 Å². The minimum atomic E-state index is 0.691. The van der Waals surface area contributed by atoms with Crippen LogP contribution < -0.4 is 5.73 Å². The van der Waals surface area contributed by atoms with Crippen LogP contribution >= 0.6 is 0 Å². The molecule has 2 N–H and O–H groups in total. The first-order chi connectivity index (χ1) is 9.06. The third kappa shape index (κ3) is 2.03. The van der Waals surface area contributed by atoms with Crippen LogP contribution in [0.3, 0.4) is 0 Å². The molecule has 1 unspecified atom stereocenters. The highest BCUT2D eigenvalue weighted by Gasteiger charge is 2.22. The van der Waals surface area contributed by atoms with Crippen LogP contribution in [0.5, 0.6) is 0 Å². The van der Waals surface area contributed by atoms with Crippen LogP contribution in [0, 0.1) is 19.8 Å². The lowest BCUT2D eigenvalue weighted by Crippen LogP contribution is -2.19. The topological polar surface area (TPSA) is 43.8 Å². The van der Waals surface area contributed by atoms with Crippen molar-refractivity contribution >= 4 is 5.82 Å². The number of imidazole rings is 1. The summed E-state index contributed by atoms with van der Waals surface area (Å²) < 4.78 is 2.20. The van der Waals surface area contributed by atoms with Gasteiger partial charge in [0.25, 0.3) is 0 Å². The Bertz CT molecular complexity index is 625. The van der Waals surface area contributed by atoms with Crippen molar-refractivity contribution < 1.29 is 0 Å². The van der Waals surface area contributed by atoms with Gasteiger partial charge in [-0.2, -0.15) is 0 Å². The average molecular weight is 255 g/mol. The summed E-state index contributed by atoms with van der Waals surface area (Å²) in [4.78, 5) is 4.78. The van der Waals surface area contributed by atoms with Crippen LogP contribution in [0.25, 0.3) is 11.3 Å². The molecule has 0 bridgehead atoms. The lowest BCUT2D eigenvalue weighted by atomic mass is 10.0. The number of anilines is 1. The van der Waals surface area contributed by atoms with Crippen molar-refractivity contribution in [3.05, 3.63) is 35.2 Å². The van der Waals surface area contributed by atoms with Crippen molar-refractivity contribution in [2.45, 2.75) is 40.2 Å². The molecule has 0 saturated carbocycles. The van der Waals surface area contributed by atoms with E-state index in [0.717, 1.165) is 35.9 Å². The normalized spacial score (nSPS) is 18.4. The summed E-state index contributed by atoms with van der Waals surface area (Å²) in [6, 6.07) is 6.46. The monoisotopic (exact) mass is 255 g/mol. The molecule has 2 aromatic rings. The molecular formula is C16H21N3. The van der Waals surface area contributed by atoms with Gasteiger partial charge in [0.1, 0.15) is 17.3 Å². The Morgan fingerprint density at radius 2 is 2.11 bits per heavy atom. The number of nitrogen functional groups attached to an aromatic ring is 1. The van der Waals surface area contributed by atoms with E-state index >= 15 is 0 Å². The third-order valence-electron chi connectivity index (χ3n) is 4.08. The van der Waals surface area contributed by atoms with Gasteiger partial charge in [-0.15, -0.1) is 0 Å². The molecule has 0 saturated heterocycles. The van der Waals surface area contributed by atoms with Crippen molar-refractivity contribution in [3.8, 4) is 11.3 Å². The smallest absolute Gasteiger partial charge is 0.131 e. The second kappa shape index (κ2) is 4.41. The predicted molar refractivity (Wildman–Crippen MR) is 79.0 cm³/mol. The van der Waals surface area contributed by atoms with E-state index in [4.69, 9.17) is 10.7 Å². The van der Waals surface area contributed by atoms with Crippen LogP contribution in [0.1, 0.15) is 30.3 Å². The summed E-state index contributed by atoms with van der Waals surface area (Å²) >= 11 is 0. The van der Waals surface area contributed by atoms with Gasteiger partial charge in [0.15, 0.2) is 0 Å². The fourth-order valence-corrected chi connectivity index (χ4v) is 2.96. The number of aryl methyl sites for hydroxylation is 3. The van der Waals surface area contributed by atoms with E-state index in [9.17, 15) is 0 Å². The first-order valence-corrected chi connectivity index (χ1v) is 6.98. The highest BCUT2D eigenvalue weighted by atomic mass is 15.1. The molecule has 3 rings (SSSR count). The number of fused-ring (bicyclic) bond motifs is 1. The number of aromatic nitrogens is 2. The molecular weight excluding hydrogens is 234 g/mol. The Kier molecular flexibility index (Phi) is 2.85. The number of benzene rings is 1. The molecule has 1 aromatic heterocycles. The van der Waals surface area contributed by atoms with Gasteiger partial charge in [0, 0.05) is 18.5 Å². The number of nitrogens with zero attached hydrogens (tertiary/aromatic N) is 2. The summed E-state index contributed by atoms with van der Waals surface area (Å²) in [5.74, 6) is 2.66. The first kappa shape index (κ1) is 12.3. The van der Waals surface area contributed by atoms with Gasteiger partial charge in [-0.3, -0.25) is 0 Å². The van der Waals surface area contributed by atoms with Crippen molar-refractivity contribution in [1.82, 2.24) is 9.55 Å². The number of hydrogen-bond acceptors (Lipinski definition) is 2. The molecule has 1 aliphatic heterocycles. The van der Waals surface area contributed by atoms with Crippen molar-refractivity contribution in [1.29, 1.82) is 0 Å². The second-order valence-corrected chi connectivity index (χ2v) is 5.83. The zero-order valence-corrected chi connectivity index (χ0v) is 11.9. The molecule has 3 heteroatoms. The summed E-state index contributed by atoms with van der Waals surface area (Å²) in [7, 11) is 0. The maximum Gasteiger partial charge on any atom is 0.131 e. The van der Waals surface area contributed by atoms with Crippen LogP contribution in [-0.4, -0.2) is 9.55 Å². The van der Waals surface area contributed by atoms with Crippen molar-refractivity contribution in [2.24, 2.45) is 5.92 Å². The Labute approximate surface area is 114 Å². The predicted octanol–water partition coefficient (Wildman–Crippen LogP) is 3.33. The van der Waals surface area contributed by atoms with E-state index < -0.39 is 0 Å². The summed E-state index contributed by atoms with van der Waals surface area (Å²) in [6.45, 7) is 7.51. The van der Waals surface area contributed by atoms with Gasteiger partial charge in [-0.1, -0.05) is 30.7 Å².